The molecule has 0 radical (unpaired) electrons. The molecule has 1 amide bonds. The van der Waals surface area contributed by atoms with E-state index in [1.807, 2.05) is 11.8 Å². The zero-order valence-corrected chi connectivity index (χ0v) is 7.98. The van der Waals surface area contributed by atoms with Crippen molar-refractivity contribution in [3.63, 3.8) is 0 Å². The smallest absolute Gasteiger partial charge is 0.221 e. The van der Waals surface area contributed by atoms with Gasteiger partial charge in [0.15, 0.2) is 0 Å². The summed E-state index contributed by atoms with van der Waals surface area (Å²) >= 11 is 1.95. The van der Waals surface area contributed by atoms with Crippen molar-refractivity contribution < 1.29 is 4.79 Å². The summed E-state index contributed by atoms with van der Waals surface area (Å²) in [6.07, 6.45) is 2.10. The fourth-order valence-corrected chi connectivity index (χ4v) is 2.80. The van der Waals surface area contributed by atoms with Gasteiger partial charge in [0.1, 0.15) is 0 Å². The van der Waals surface area contributed by atoms with E-state index in [-0.39, 0.29) is 11.8 Å². The standard InChI is InChI=1S/C8H16N2OS/c9-4-7(8(10)11)3-6-1-2-12-5-6/h6-7H,1-5,9H2,(H2,10,11). The molecule has 4 heteroatoms. The van der Waals surface area contributed by atoms with E-state index in [4.69, 9.17) is 11.5 Å². The maximum absolute atomic E-state index is 10.9. The minimum absolute atomic E-state index is 0.103. The first-order valence-electron chi connectivity index (χ1n) is 4.31. The fourth-order valence-electron chi connectivity index (χ4n) is 1.50. The summed E-state index contributed by atoms with van der Waals surface area (Å²) in [5.74, 6) is 2.71. The lowest BCUT2D eigenvalue weighted by molar-refractivity contribution is -0.121. The zero-order chi connectivity index (χ0) is 8.97. The molecule has 0 aromatic heterocycles. The zero-order valence-electron chi connectivity index (χ0n) is 7.16. The predicted molar refractivity (Wildman–Crippen MR) is 51.8 cm³/mol. The van der Waals surface area contributed by atoms with Gasteiger partial charge >= 0.3 is 0 Å². The molecule has 1 heterocycles. The van der Waals surface area contributed by atoms with Crippen LogP contribution in [0.25, 0.3) is 0 Å². The Labute approximate surface area is 77.3 Å². The molecule has 0 aromatic rings. The Morgan fingerprint density at radius 3 is 2.83 bits per heavy atom. The van der Waals surface area contributed by atoms with Gasteiger partial charge in [0.2, 0.25) is 5.91 Å². The van der Waals surface area contributed by atoms with Crippen LogP contribution in [0.15, 0.2) is 0 Å². The summed E-state index contributed by atoms with van der Waals surface area (Å²) in [7, 11) is 0. The van der Waals surface area contributed by atoms with Crippen molar-refractivity contribution in [1.82, 2.24) is 0 Å². The third-order valence-electron chi connectivity index (χ3n) is 2.33. The molecule has 0 spiro atoms. The van der Waals surface area contributed by atoms with Gasteiger partial charge in [-0.05, 0) is 30.3 Å². The van der Waals surface area contributed by atoms with Gasteiger partial charge in [-0.15, -0.1) is 0 Å². The van der Waals surface area contributed by atoms with Gasteiger partial charge in [-0.25, -0.2) is 0 Å². The Bertz CT molecular complexity index is 157. The van der Waals surface area contributed by atoms with Crippen LogP contribution < -0.4 is 11.5 Å². The Balaban J connectivity index is 2.30. The number of nitrogens with two attached hydrogens (primary N) is 2. The summed E-state index contributed by atoms with van der Waals surface area (Å²) in [6.45, 7) is 0.399. The van der Waals surface area contributed by atoms with Crippen LogP contribution in [0.3, 0.4) is 0 Å². The molecule has 1 aliphatic heterocycles. The molecule has 0 saturated carbocycles. The van der Waals surface area contributed by atoms with E-state index in [1.165, 1.54) is 17.9 Å². The number of thioether (sulfide) groups is 1. The lowest BCUT2D eigenvalue weighted by atomic mass is 9.94. The minimum atomic E-state index is -0.241. The second-order valence-corrected chi connectivity index (χ2v) is 4.45. The van der Waals surface area contributed by atoms with Crippen LogP contribution in [0.2, 0.25) is 0 Å². The number of carbonyl (C=O) groups is 1. The Kier molecular flexibility index (Phi) is 3.88. The number of hydrogen-bond donors (Lipinski definition) is 2. The second kappa shape index (κ2) is 4.72. The van der Waals surface area contributed by atoms with E-state index in [0.29, 0.717) is 12.5 Å². The molecule has 1 aliphatic rings. The third-order valence-corrected chi connectivity index (χ3v) is 3.56. The molecule has 0 aliphatic carbocycles. The van der Waals surface area contributed by atoms with E-state index in [0.717, 1.165) is 6.42 Å². The number of amides is 1. The van der Waals surface area contributed by atoms with Crippen molar-refractivity contribution in [3.8, 4) is 0 Å². The first-order chi connectivity index (χ1) is 5.74. The highest BCUT2D eigenvalue weighted by atomic mass is 32.2. The molecule has 2 atom stereocenters. The number of hydrogen-bond acceptors (Lipinski definition) is 3. The van der Waals surface area contributed by atoms with Gasteiger partial charge in [-0.2, -0.15) is 11.8 Å². The van der Waals surface area contributed by atoms with E-state index in [2.05, 4.69) is 0 Å². The van der Waals surface area contributed by atoms with E-state index < -0.39 is 0 Å². The molecule has 1 saturated heterocycles. The van der Waals surface area contributed by atoms with Crippen molar-refractivity contribution in [1.29, 1.82) is 0 Å². The minimum Gasteiger partial charge on any atom is -0.369 e. The van der Waals surface area contributed by atoms with Gasteiger partial charge in [0.25, 0.3) is 0 Å². The highest BCUT2D eigenvalue weighted by molar-refractivity contribution is 7.99. The summed E-state index contributed by atoms with van der Waals surface area (Å²) in [5.41, 5.74) is 10.6. The van der Waals surface area contributed by atoms with E-state index in [1.54, 1.807) is 0 Å². The molecular formula is C8H16N2OS. The van der Waals surface area contributed by atoms with Crippen molar-refractivity contribution in [2.45, 2.75) is 12.8 Å². The highest BCUT2D eigenvalue weighted by Crippen LogP contribution is 2.28. The fraction of sp³-hybridized carbons (Fsp3) is 0.875. The maximum Gasteiger partial charge on any atom is 0.221 e. The largest absolute Gasteiger partial charge is 0.369 e. The van der Waals surface area contributed by atoms with Crippen LogP contribution >= 0.6 is 11.8 Å². The first-order valence-corrected chi connectivity index (χ1v) is 5.46. The summed E-state index contributed by atoms with van der Waals surface area (Å²) in [6, 6.07) is 0. The van der Waals surface area contributed by atoms with E-state index in [9.17, 15) is 4.79 Å². The average molecular weight is 188 g/mol. The van der Waals surface area contributed by atoms with Crippen LogP contribution in [0, 0.1) is 11.8 Å². The summed E-state index contributed by atoms with van der Waals surface area (Å²) in [4.78, 5) is 10.9. The molecule has 70 valence electrons. The molecule has 3 nitrogen and oxygen atoms in total. The quantitative estimate of drug-likeness (QED) is 0.661. The molecule has 2 unspecified atom stereocenters. The van der Waals surface area contributed by atoms with Crippen LogP contribution in [0.4, 0.5) is 0 Å². The topological polar surface area (TPSA) is 69.1 Å². The van der Waals surface area contributed by atoms with Crippen molar-refractivity contribution >= 4 is 17.7 Å². The van der Waals surface area contributed by atoms with Crippen LogP contribution in [0.1, 0.15) is 12.8 Å². The predicted octanol–water partition coefficient (Wildman–Crippen LogP) is 0.190. The SMILES string of the molecule is NCC(CC1CCSC1)C(N)=O. The van der Waals surface area contributed by atoms with Gasteiger partial charge in [-0.3, -0.25) is 4.79 Å². The van der Waals surface area contributed by atoms with Crippen molar-refractivity contribution in [2.75, 3.05) is 18.1 Å². The van der Waals surface area contributed by atoms with Gasteiger partial charge in [-0.1, -0.05) is 0 Å². The molecular weight excluding hydrogens is 172 g/mol. The van der Waals surface area contributed by atoms with Gasteiger partial charge in [0, 0.05) is 6.54 Å². The Hall–Kier alpha value is -0.220. The monoisotopic (exact) mass is 188 g/mol. The van der Waals surface area contributed by atoms with Crippen LogP contribution in [0.5, 0.6) is 0 Å². The molecule has 1 fully saturated rings. The molecule has 4 N–H and O–H groups in total. The normalized spacial score (nSPS) is 25.6. The highest BCUT2D eigenvalue weighted by Gasteiger charge is 2.22. The molecule has 0 aromatic carbocycles. The first kappa shape index (κ1) is 9.86. The lowest BCUT2D eigenvalue weighted by Crippen LogP contribution is -2.31. The van der Waals surface area contributed by atoms with Crippen LogP contribution in [-0.4, -0.2) is 24.0 Å². The average Bonchev–Trinajstić information content (AvgIpc) is 2.51. The van der Waals surface area contributed by atoms with Crippen molar-refractivity contribution in [2.24, 2.45) is 23.3 Å². The number of rotatable bonds is 4. The van der Waals surface area contributed by atoms with E-state index >= 15 is 0 Å². The Morgan fingerprint density at radius 2 is 2.42 bits per heavy atom. The Morgan fingerprint density at radius 1 is 1.67 bits per heavy atom. The molecule has 12 heavy (non-hydrogen) atoms. The lowest BCUT2D eigenvalue weighted by Gasteiger charge is -2.14. The number of carbonyl (C=O) groups excluding carboxylic acids is 1. The third kappa shape index (κ3) is 2.68. The van der Waals surface area contributed by atoms with Gasteiger partial charge < -0.3 is 11.5 Å². The molecule has 0 bridgehead atoms. The van der Waals surface area contributed by atoms with Crippen LogP contribution in [-0.2, 0) is 4.79 Å². The summed E-state index contributed by atoms with van der Waals surface area (Å²) < 4.78 is 0. The number of primary amides is 1. The summed E-state index contributed by atoms with van der Waals surface area (Å²) in [5, 5.41) is 0. The second-order valence-electron chi connectivity index (χ2n) is 3.30. The molecule has 1 rings (SSSR count). The maximum atomic E-state index is 10.9. The van der Waals surface area contributed by atoms with Crippen molar-refractivity contribution in [3.05, 3.63) is 0 Å². The van der Waals surface area contributed by atoms with Gasteiger partial charge in [0.05, 0.1) is 5.92 Å².